The van der Waals surface area contributed by atoms with Crippen LogP contribution in [0.25, 0.3) is 0 Å². The van der Waals surface area contributed by atoms with Crippen LogP contribution in [0.1, 0.15) is 16.8 Å². The first-order chi connectivity index (χ1) is 9.29. The van der Waals surface area contributed by atoms with E-state index in [9.17, 15) is 18.0 Å². The van der Waals surface area contributed by atoms with Crippen LogP contribution in [0.5, 0.6) is 0 Å². The molecule has 3 nitrogen and oxygen atoms in total. The van der Waals surface area contributed by atoms with Gasteiger partial charge in [0.15, 0.2) is 0 Å². The van der Waals surface area contributed by atoms with Gasteiger partial charge in [0.1, 0.15) is 0 Å². The molecule has 1 aromatic heterocycles. The minimum Gasteiger partial charge on any atom is -0.294 e. The molecular formula is C13H10F3IN2O. The van der Waals surface area contributed by atoms with Gasteiger partial charge in [0.05, 0.1) is 27.7 Å². The highest BCUT2D eigenvalue weighted by Crippen LogP contribution is 2.29. The summed E-state index contributed by atoms with van der Waals surface area (Å²) in [6.07, 6.45) is -2.95. The van der Waals surface area contributed by atoms with Crippen molar-refractivity contribution in [2.45, 2.75) is 19.6 Å². The fourth-order valence-electron chi connectivity index (χ4n) is 1.65. The summed E-state index contributed by atoms with van der Waals surface area (Å²) in [5.74, 6) is 0. The van der Waals surface area contributed by atoms with Crippen LogP contribution in [-0.2, 0) is 12.7 Å². The Morgan fingerprint density at radius 2 is 1.85 bits per heavy atom. The van der Waals surface area contributed by atoms with Crippen molar-refractivity contribution in [2.24, 2.45) is 0 Å². The summed E-state index contributed by atoms with van der Waals surface area (Å²) < 4.78 is 39.2. The van der Waals surface area contributed by atoms with Crippen molar-refractivity contribution in [3.63, 3.8) is 0 Å². The molecular weight excluding hydrogens is 384 g/mol. The zero-order valence-electron chi connectivity index (χ0n) is 10.4. The van der Waals surface area contributed by atoms with Crippen LogP contribution in [-0.4, -0.2) is 9.55 Å². The Bertz CT molecular complexity index is 677. The van der Waals surface area contributed by atoms with Crippen LogP contribution < -0.4 is 5.56 Å². The van der Waals surface area contributed by atoms with Gasteiger partial charge in [-0.2, -0.15) is 13.2 Å². The van der Waals surface area contributed by atoms with E-state index >= 15 is 0 Å². The van der Waals surface area contributed by atoms with Crippen LogP contribution in [0.2, 0.25) is 0 Å². The third kappa shape index (κ3) is 3.20. The smallest absolute Gasteiger partial charge is 0.294 e. The van der Waals surface area contributed by atoms with Gasteiger partial charge in [-0.05, 0) is 47.2 Å². The van der Waals surface area contributed by atoms with Crippen molar-refractivity contribution in [2.75, 3.05) is 0 Å². The predicted molar refractivity (Wildman–Crippen MR) is 76.5 cm³/mol. The lowest BCUT2D eigenvalue weighted by molar-refractivity contribution is -0.137. The average Bonchev–Trinajstić information content (AvgIpc) is 2.39. The summed E-state index contributed by atoms with van der Waals surface area (Å²) in [6.45, 7) is 1.92. The van der Waals surface area contributed by atoms with Gasteiger partial charge in [-0.15, -0.1) is 0 Å². The normalized spacial score (nSPS) is 11.7. The Kier molecular flexibility index (Phi) is 4.17. The van der Waals surface area contributed by atoms with Crippen molar-refractivity contribution < 1.29 is 13.2 Å². The molecule has 2 rings (SSSR count). The van der Waals surface area contributed by atoms with E-state index in [1.807, 2.05) is 22.6 Å². The summed E-state index contributed by atoms with van der Waals surface area (Å²) in [5, 5.41) is 0. The fraction of sp³-hybridized carbons (Fsp3) is 0.231. The highest BCUT2D eigenvalue weighted by molar-refractivity contribution is 14.1. The second-order valence-electron chi connectivity index (χ2n) is 4.27. The number of benzene rings is 1. The Hall–Kier alpha value is -1.38. The Morgan fingerprint density at radius 1 is 1.25 bits per heavy atom. The number of hydrogen-bond donors (Lipinski definition) is 0. The molecule has 7 heteroatoms. The number of rotatable bonds is 2. The summed E-state index contributed by atoms with van der Waals surface area (Å²) >= 11 is 1.91. The minimum atomic E-state index is -4.35. The molecule has 0 aliphatic rings. The van der Waals surface area contributed by atoms with Crippen LogP contribution in [0.3, 0.4) is 0 Å². The molecule has 0 aliphatic heterocycles. The fourth-order valence-corrected chi connectivity index (χ4v) is 2.10. The van der Waals surface area contributed by atoms with Crippen LogP contribution in [0.4, 0.5) is 13.2 Å². The Morgan fingerprint density at radius 3 is 2.40 bits per heavy atom. The molecule has 0 amide bonds. The van der Waals surface area contributed by atoms with Crippen molar-refractivity contribution in [1.82, 2.24) is 9.55 Å². The largest absolute Gasteiger partial charge is 0.416 e. The molecule has 106 valence electrons. The Balaban J connectivity index is 2.28. The zero-order chi connectivity index (χ0) is 14.9. The molecule has 0 spiro atoms. The van der Waals surface area contributed by atoms with Crippen molar-refractivity contribution in [3.05, 3.63) is 61.3 Å². The molecule has 0 fully saturated rings. The second kappa shape index (κ2) is 5.55. The number of alkyl halides is 3. The zero-order valence-corrected chi connectivity index (χ0v) is 12.6. The van der Waals surface area contributed by atoms with Gasteiger partial charge >= 0.3 is 6.18 Å². The number of hydrogen-bond acceptors (Lipinski definition) is 2. The van der Waals surface area contributed by atoms with E-state index in [-0.39, 0.29) is 12.1 Å². The van der Waals surface area contributed by atoms with Crippen LogP contribution in [0.15, 0.2) is 35.4 Å². The molecule has 0 radical (unpaired) electrons. The van der Waals surface area contributed by atoms with E-state index in [2.05, 4.69) is 4.98 Å². The van der Waals surface area contributed by atoms with Gasteiger partial charge in [-0.3, -0.25) is 9.36 Å². The Labute approximate surface area is 126 Å². The third-order valence-electron chi connectivity index (χ3n) is 2.79. The molecule has 0 saturated carbocycles. The number of nitrogens with zero attached hydrogens (tertiary/aromatic N) is 2. The van der Waals surface area contributed by atoms with Crippen molar-refractivity contribution in [3.8, 4) is 0 Å². The number of halogens is 4. The minimum absolute atomic E-state index is 0.195. The van der Waals surface area contributed by atoms with E-state index in [1.165, 1.54) is 23.0 Å². The maximum absolute atomic E-state index is 12.4. The molecule has 1 heterocycles. The molecule has 0 N–H and O–H groups in total. The third-order valence-corrected chi connectivity index (χ3v) is 4.03. The average molecular weight is 394 g/mol. The van der Waals surface area contributed by atoms with Gasteiger partial charge in [0, 0.05) is 0 Å². The maximum Gasteiger partial charge on any atom is 0.416 e. The highest BCUT2D eigenvalue weighted by Gasteiger charge is 2.29. The van der Waals surface area contributed by atoms with Gasteiger partial charge < -0.3 is 0 Å². The molecule has 0 bridgehead atoms. The molecule has 20 heavy (non-hydrogen) atoms. The van der Waals surface area contributed by atoms with Gasteiger partial charge in [0.2, 0.25) is 0 Å². The van der Waals surface area contributed by atoms with E-state index in [0.29, 0.717) is 14.8 Å². The predicted octanol–water partition coefficient (Wildman–Crippen LogP) is 3.22. The van der Waals surface area contributed by atoms with Gasteiger partial charge in [-0.1, -0.05) is 12.1 Å². The highest BCUT2D eigenvalue weighted by atomic mass is 127. The molecule has 2 aromatic rings. The number of aryl methyl sites for hydroxylation is 1. The lowest BCUT2D eigenvalue weighted by Crippen LogP contribution is -2.24. The van der Waals surface area contributed by atoms with E-state index in [4.69, 9.17) is 0 Å². The van der Waals surface area contributed by atoms with Crippen molar-refractivity contribution in [1.29, 1.82) is 0 Å². The molecule has 0 unspecified atom stereocenters. The number of aromatic nitrogens is 2. The monoisotopic (exact) mass is 394 g/mol. The molecule has 1 aromatic carbocycles. The van der Waals surface area contributed by atoms with Crippen molar-refractivity contribution >= 4 is 22.6 Å². The SMILES string of the molecule is Cc1ncn(Cc2ccc(C(F)(F)F)cc2)c(=O)c1I. The summed E-state index contributed by atoms with van der Waals surface area (Å²) in [4.78, 5) is 16.0. The molecule has 0 saturated heterocycles. The van der Waals surface area contributed by atoms with Gasteiger partial charge in [-0.25, -0.2) is 4.98 Å². The van der Waals surface area contributed by atoms with Crippen LogP contribution >= 0.6 is 22.6 Å². The van der Waals surface area contributed by atoms with E-state index < -0.39 is 11.7 Å². The first-order valence-electron chi connectivity index (χ1n) is 5.66. The summed E-state index contributed by atoms with van der Waals surface area (Å²) in [5.41, 5.74) is 0.351. The van der Waals surface area contributed by atoms with Crippen LogP contribution in [0, 0.1) is 10.5 Å². The standard InChI is InChI=1S/C13H10F3IN2O/c1-8-11(17)12(20)19(7-18-8)6-9-2-4-10(5-3-9)13(14,15)16/h2-5,7H,6H2,1H3. The first-order valence-corrected chi connectivity index (χ1v) is 6.74. The molecule has 0 atom stereocenters. The lowest BCUT2D eigenvalue weighted by atomic mass is 10.1. The summed E-state index contributed by atoms with van der Waals surface area (Å²) in [6, 6.07) is 4.74. The quantitative estimate of drug-likeness (QED) is 0.734. The lowest BCUT2D eigenvalue weighted by Gasteiger charge is -2.09. The molecule has 0 aliphatic carbocycles. The maximum atomic E-state index is 12.4. The first kappa shape index (κ1) is 15.0. The van der Waals surface area contributed by atoms with E-state index in [0.717, 1.165) is 12.1 Å². The summed E-state index contributed by atoms with van der Waals surface area (Å²) in [7, 11) is 0. The van der Waals surface area contributed by atoms with Gasteiger partial charge in [0.25, 0.3) is 5.56 Å². The van der Waals surface area contributed by atoms with E-state index in [1.54, 1.807) is 6.92 Å². The second-order valence-corrected chi connectivity index (χ2v) is 5.35. The topological polar surface area (TPSA) is 34.9 Å².